The number of alkyl halides is 3. The molecule has 3 nitrogen and oxygen atoms in total. The van der Waals surface area contributed by atoms with Crippen molar-refractivity contribution in [3.8, 4) is 0 Å². The van der Waals surface area contributed by atoms with Crippen molar-refractivity contribution in [2.45, 2.75) is 25.2 Å². The number of benzene rings is 2. The average molecular weight is 436 g/mol. The molecule has 1 atom stereocenters. The fourth-order valence-corrected chi connectivity index (χ4v) is 3.29. The Hall–Kier alpha value is -1.47. The van der Waals surface area contributed by atoms with Gasteiger partial charge >= 0.3 is 6.18 Å². The first-order valence-electron chi connectivity index (χ1n) is 8.90. The van der Waals surface area contributed by atoms with Crippen molar-refractivity contribution in [3.05, 3.63) is 65.7 Å². The minimum Gasteiger partial charge on any atom is -0.381 e. The van der Waals surface area contributed by atoms with Crippen molar-refractivity contribution >= 4 is 30.5 Å². The molecule has 156 valence electrons. The lowest BCUT2D eigenvalue weighted by molar-refractivity contribution is -0.148. The van der Waals surface area contributed by atoms with Crippen LogP contribution >= 0.6 is 24.8 Å². The molecule has 1 fully saturated rings. The second kappa shape index (κ2) is 11.5. The molecule has 28 heavy (non-hydrogen) atoms. The Balaban J connectivity index is 0.00000196. The summed E-state index contributed by atoms with van der Waals surface area (Å²) in [5, 5.41) is 6.50. The van der Waals surface area contributed by atoms with Crippen molar-refractivity contribution in [3.63, 3.8) is 0 Å². The SMILES string of the molecule is Cl.Cl.FC(F)(F)C[C@@H](c1ccc(NCc2ccccc2)cc1)N1CCNCC1. The van der Waals surface area contributed by atoms with E-state index in [2.05, 4.69) is 10.6 Å². The Morgan fingerprint density at radius 3 is 2.11 bits per heavy atom. The fraction of sp³-hybridized carbons (Fsp3) is 0.400. The summed E-state index contributed by atoms with van der Waals surface area (Å²) in [4.78, 5) is 1.93. The maximum Gasteiger partial charge on any atom is 0.390 e. The molecule has 8 heteroatoms. The summed E-state index contributed by atoms with van der Waals surface area (Å²) in [7, 11) is 0. The highest BCUT2D eigenvalue weighted by molar-refractivity contribution is 5.85. The molecule has 2 N–H and O–H groups in total. The Morgan fingerprint density at radius 1 is 0.929 bits per heavy atom. The molecule has 0 unspecified atom stereocenters. The number of nitrogens with one attached hydrogen (secondary N) is 2. The summed E-state index contributed by atoms with van der Waals surface area (Å²) in [5.41, 5.74) is 2.78. The van der Waals surface area contributed by atoms with Gasteiger partial charge < -0.3 is 10.6 Å². The summed E-state index contributed by atoms with van der Waals surface area (Å²) >= 11 is 0. The van der Waals surface area contributed by atoms with Gasteiger partial charge in [0.05, 0.1) is 6.42 Å². The van der Waals surface area contributed by atoms with Gasteiger partial charge in [0.25, 0.3) is 0 Å². The number of piperazine rings is 1. The number of halogens is 5. The average Bonchev–Trinajstić information content (AvgIpc) is 2.66. The lowest BCUT2D eigenvalue weighted by atomic mass is 10.0. The van der Waals surface area contributed by atoms with Gasteiger partial charge in [0.2, 0.25) is 0 Å². The van der Waals surface area contributed by atoms with Crippen molar-refractivity contribution in [2.24, 2.45) is 0 Å². The summed E-state index contributed by atoms with van der Waals surface area (Å²) in [5.74, 6) is 0. The number of hydrogen-bond donors (Lipinski definition) is 2. The molecule has 0 radical (unpaired) electrons. The Kier molecular flexibility index (Phi) is 10.1. The van der Waals surface area contributed by atoms with E-state index in [1.54, 1.807) is 0 Å². The molecule has 0 bridgehead atoms. The van der Waals surface area contributed by atoms with Crippen LogP contribution in [0.5, 0.6) is 0 Å². The van der Waals surface area contributed by atoms with Crippen molar-refractivity contribution in [1.82, 2.24) is 10.2 Å². The van der Waals surface area contributed by atoms with E-state index < -0.39 is 18.6 Å². The first-order chi connectivity index (χ1) is 12.5. The van der Waals surface area contributed by atoms with Crippen LogP contribution in [0.2, 0.25) is 0 Å². The van der Waals surface area contributed by atoms with E-state index in [0.29, 0.717) is 19.6 Å². The second-order valence-corrected chi connectivity index (χ2v) is 6.58. The van der Waals surface area contributed by atoms with Gasteiger partial charge in [-0.25, -0.2) is 0 Å². The number of anilines is 1. The standard InChI is InChI=1S/C20H24F3N3.2ClH/c21-20(22,23)14-19(26-12-10-24-11-13-26)17-6-8-18(9-7-17)25-15-16-4-2-1-3-5-16;;/h1-9,19,24-25H,10-15H2;2*1H/t19-;;/m0../s1. The minimum absolute atomic E-state index is 0. The normalized spacial score (nSPS) is 15.8. The quantitative estimate of drug-likeness (QED) is 0.665. The molecule has 1 aliphatic rings. The molecule has 0 saturated carbocycles. The third-order valence-electron chi connectivity index (χ3n) is 4.65. The van der Waals surface area contributed by atoms with E-state index in [1.807, 2.05) is 59.5 Å². The third-order valence-corrected chi connectivity index (χ3v) is 4.65. The molecular formula is C20H26Cl2F3N3. The van der Waals surface area contributed by atoms with Crippen LogP contribution in [-0.4, -0.2) is 37.3 Å². The van der Waals surface area contributed by atoms with Crippen LogP contribution in [0.3, 0.4) is 0 Å². The zero-order valence-corrected chi connectivity index (χ0v) is 17.0. The first-order valence-corrected chi connectivity index (χ1v) is 8.90. The van der Waals surface area contributed by atoms with Crippen molar-refractivity contribution in [1.29, 1.82) is 0 Å². The monoisotopic (exact) mass is 435 g/mol. The van der Waals surface area contributed by atoms with Crippen molar-refractivity contribution < 1.29 is 13.2 Å². The largest absolute Gasteiger partial charge is 0.390 e. The van der Waals surface area contributed by atoms with Gasteiger partial charge in [-0.2, -0.15) is 13.2 Å². The van der Waals surface area contributed by atoms with Crippen LogP contribution < -0.4 is 10.6 Å². The minimum atomic E-state index is -4.18. The molecule has 2 aromatic rings. The van der Waals surface area contributed by atoms with Crippen LogP contribution in [-0.2, 0) is 6.54 Å². The van der Waals surface area contributed by atoms with Crippen LogP contribution in [0.4, 0.5) is 18.9 Å². The zero-order valence-electron chi connectivity index (χ0n) is 15.4. The van der Waals surface area contributed by atoms with Gasteiger partial charge in [0, 0.05) is 44.5 Å². The van der Waals surface area contributed by atoms with E-state index >= 15 is 0 Å². The molecule has 1 saturated heterocycles. The molecule has 0 spiro atoms. The first kappa shape index (κ1) is 24.6. The van der Waals surface area contributed by atoms with Crippen LogP contribution in [0, 0.1) is 0 Å². The van der Waals surface area contributed by atoms with Gasteiger partial charge in [0.15, 0.2) is 0 Å². The fourth-order valence-electron chi connectivity index (χ4n) is 3.29. The van der Waals surface area contributed by atoms with Gasteiger partial charge in [-0.1, -0.05) is 42.5 Å². The highest BCUT2D eigenvalue weighted by Gasteiger charge is 2.35. The smallest absolute Gasteiger partial charge is 0.381 e. The van der Waals surface area contributed by atoms with Crippen LogP contribution in [0.1, 0.15) is 23.6 Å². The topological polar surface area (TPSA) is 27.3 Å². The van der Waals surface area contributed by atoms with Crippen LogP contribution in [0.15, 0.2) is 54.6 Å². The maximum absolute atomic E-state index is 13.1. The van der Waals surface area contributed by atoms with E-state index in [1.165, 1.54) is 0 Å². The highest BCUT2D eigenvalue weighted by Crippen LogP contribution is 2.34. The van der Waals surface area contributed by atoms with E-state index in [4.69, 9.17) is 0 Å². The number of hydrogen-bond acceptors (Lipinski definition) is 3. The molecule has 2 aromatic carbocycles. The summed E-state index contributed by atoms with van der Waals surface area (Å²) in [6.45, 7) is 3.41. The lowest BCUT2D eigenvalue weighted by Gasteiger charge is -2.35. The van der Waals surface area contributed by atoms with Gasteiger partial charge in [-0.15, -0.1) is 24.8 Å². The molecular weight excluding hydrogens is 410 g/mol. The Labute approximate surface area is 176 Å². The molecule has 1 heterocycles. The molecule has 3 rings (SSSR count). The molecule has 0 aliphatic carbocycles. The third kappa shape index (κ3) is 7.51. The Bertz CT molecular complexity index is 675. The zero-order chi connectivity index (χ0) is 18.4. The predicted octanol–water partition coefficient (Wildman–Crippen LogP) is 5.04. The number of rotatable bonds is 6. The van der Waals surface area contributed by atoms with Crippen molar-refractivity contribution in [2.75, 3.05) is 31.5 Å². The van der Waals surface area contributed by atoms with Gasteiger partial charge in [0.1, 0.15) is 0 Å². The van der Waals surface area contributed by atoms with E-state index in [-0.39, 0.29) is 24.8 Å². The summed E-state index contributed by atoms with van der Waals surface area (Å²) < 4.78 is 39.2. The number of nitrogens with zero attached hydrogens (tertiary/aromatic N) is 1. The second-order valence-electron chi connectivity index (χ2n) is 6.58. The van der Waals surface area contributed by atoms with Gasteiger partial charge in [-0.05, 0) is 23.3 Å². The van der Waals surface area contributed by atoms with E-state index in [0.717, 1.165) is 29.9 Å². The van der Waals surface area contributed by atoms with Crippen LogP contribution in [0.25, 0.3) is 0 Å². The Morgan fingerprint density at radius 2 is 1.54 bits per heavy atom. The summed E-state index contributed by atoms with van der Waals surface area (Å²) in [6, 6.07) is 16.7. The van der Waals surface area contributed by atoms with Gasteiger partial charge in [-0.3, -0.25) is 4.90 Å². The maximum atomic E-state index is 13.1. The van der Waals surface area contributed by atoms with E-state index in [9.17, 15) is 13.2 Å². The predicted molar refractivity (Wildman–Crippen MR) is 113 cm³/mol. The lowest BCUT2D eigenvalue weighted by Crippen LogP contribution is -2.46. The molecule has 0 amide bonds. The molecule has 1 aliphatic heterocycles. The molecule has 0 aromatic heterocycles. The summed E-state index contributed by atoms with van der Waals surface area (Å²) in [6.07, 6.45) is -5.00. The highest BCUT2D eigenvalue weighted by atomic mass is 35.5.